The highest BCUT2D eigenvalue weighted by Gasteiger charge is 2.30. The third-order valence-corrected chi connectivity index (χ3v) is 3.99. The fourth-order valence-corrected chi connectivity index (χ4v) is 2.80. The number of benzene rings is 2. The van der Waals surface area contributed by atoms with Crippen molar-refractivity contribution < 1.29 is 17.6 Å². The van der Waals surface area contributed by atoms with Gasteiger partial charge in [0.1, 0.15) is 5.82 Å². The number of nitrogens with zero attached hydrogens (tertiary/aromatic N) is 1. The van der Waals surface area contributed by atoms with Crippen LogP contribution in [-0.4, -0.2) is 4.98 Å². The minimum Gasteiger partial charge on any atom is -0.396 e. The van der Waals surface area contributed by atoms with Crippen molar-refractivity contribution in [2.75, 3.05) is 11.1 Å². The molecule has 3 rings (SSSR count). The number of alkyl halides is 3. The van der Waals surface area contributed by atoms with Crippen LogP contribution < -0.4 is 11.1 Å². The van der Waals surface area contributed by atoms with Crippen LogP contribution in [0.2, 0.25) is 0 Å². The van der Waals surface area contributed by atoms with Gasteiger partial charge in [-0.2, -0.15) is 13.2 Å². The number of aromatic nitrogens is 1. The molecule has 0 spiro atoms. The van der Waals surface area contributed by atoms with Crippen LogP contribution in [-0.2, 0) is 6.18 Å². The van der Waals surface area contributed by atoms with Gasteiger partial charge in [0.25, 0.3) is 0 Å². The van der Waals surface area contributed by atoms with E-state index in [4.69, 9.17) is 5.73 Å². The van der Waals surface area contributed by atoms with Gasteiger partial charge >= 0.3 is 6.18 Å². The lowest BCUT2D eigenvalue weighted by molar-refractivity contribution is -0.137. The summed E-state index contributed by atoms with van der Waals surface area (Å²) in [4.78, 5) is 4.29. The van der Waals surface area contributed by atoms with Crippen LogP contribution in [0.15, 0.2) is 47.8 Å². The van der Waals surface area contributed by atoms with Gasteiger partial charge in [0.2, 0.25) is 0 Å². The number of anilines is 3. The molecule has 0 atom stereocenters. The maximum absolute atomic E-state index is 13.2. The van der Waals surface area contributed by atoms with Gasteiger partial charge in [-0.25, -0.2) is 9.37 Å². The summed E-state index contributed by atoms with van der Waals surface area (Å²) in [5.74, 6) is -0.517. The summed E-state index contributed by atoms with van der Waals surface area (Å²) in [5, 5.41) is 4.97. The first-order valence-electron chi connectivity index (χ1n) is 6.78. The summed E-state index contributed by atoms with van der Waals surface area (Å²) in [7, 11) is 0. The molecular formula is C16H11F4N3S. The highest BCUT2D eigenvalue weighted by molar-refractivity contribution is 7.14. The first-order valence-corrected chi connectivity index (χ1v) is 7.66. The Kier molecular flexibility index (Phi) is 4.15. The van der Waals surface area contributed by atoms with Crippen molar-refractivity contribution in [3.05, 3.63) is 59.2 Å². The Labute approximate surface area is 138 Å². The van der Waals surface area contributed by atoms with E-state index in [1.54, 1.807) is 5.38 Å². The van der Waals surface area contributed by atoms with Gasteiger partial charge in [-0.3, -0.25) is 0 Å². The second-order valence-corrected chi connectivity index (χ2v) is 5.84. The Morgan fingerprint density at radius 2 is 1.88 bits per heavy atom. The lowest BCUT2D eigenvalue weighted by atomic mass is 10.1. The van der Waals surface area contributed by atoms with Crippen molar-refractivity contribution in [1.29, 1.82) is 0 Å². The van der Waals surface area contributed by atoms with Gasteiger partial charge in [0.05, 0.1) is 16.9 Å². The Morgan fingerprint density at radius 1 is 1.08 bits per heavy atom. The van der Waals surface area contributed by atoms with Gasteiger partial charge < -0.3 is 11.1 Å². The molecule has 0 bridgehead atoms. The predicted molar refractivity (Wildman–Crippen MR) is 86.6 cm³/mol. The van der Waals surface area contributed by atoms with Crippen LogP contribution in [0.5, 0.6) is 0 Å². The van der Waals surface area contributed by atoms with E-state index in [1.807, 2.05) is 0 Å². The quantitative estimate of drug-likeness (QED) is 0.497. The molecule has 3 nitrogen and oxygen atoms in total. The van der Waals surface area contributed by atoms with E-state index in [-0.39, 0.29) is 11.4 Å². The van der Waals surface area contributed by atoms with Crippen molar-refractivity contribution in [3.8, 4) is 11.3 Å². The van der Waals surface area contributed by atoms with Crippen LogP contribution in [0.4, 0.5) is 34.1 Å². The lowest BCUT2D eigenvalue weighted by Gasteiger charge is -2.09. The normalized spacial score (nSPS) is 11.5. The molecule has 1 aromatic heterocycles. The highest BCUT2D eigenvalue weighted by atomic mass is 32.1. The number of rotatable bonds is 3. The molecule has 0 aliphatic carbocycles. The largest absolute Gasteiger partial charge is 0.416 e. The van der Waals surface area contributed by atoms with Gasteiger partial charge in [-0.15, -0.1) is 11.3 Å². The van der Waals surface area contributed by atoms with E-state index in [1.165, 1.54) is 41.7 Å². The Morgan fingerprint density at radius 3 is 2.58 bits per heavy atom. The van der Waals surface area contributed by atoms with Gasteiger partial charge in [0, 0.05) is 16.6 Å². The number of nitrogens with two attached hydrogens (primary N) is 1. The molecule has 0 unspecified atom stereocenters. The maximum Gasteiger partial charge on any atom is 0.416 e. The molecule has 24 heavy (non-hydrogen) atoms. The Hall–Kier alpha value is -2.61. The average Bonchev–Trinajstić information content (AvgIpc) is 2.98. The molecule has 124 valence electrons. The fourth-order valence-electron chi connectivity index (χ4n) is 2.06. The second-order valence-electron chi connectivity index (χ2n) is 4.98. The number of nitrogen functional groups attached to an aromatic ring is 1. The van der Waals surface area contributed by atoms with Crippen molar-refractivity contribution in [2.24, 2.45) is 0 Å². The zero-order valence-electron chi connectivity index (χ0n) is 12.1. The molecule has 0 fully saturated rings. The summed E-state index contributed by atoms with van der Waals surface area (Å²) in [6, 6.07) is 9.08. The van der Waals surface area contributed by atoms with E-state index in [2.05, 4.69) is 10.3 Å². The van der Waals surface area contributed by atoms with Crippen molar-refractivity contribution in [2.45, 2.75) is 6.18 Å². The molecule has 0 aliphatic rings. The van der Waals surface area contributed by atoms with Crippen LogP contribution in [0.25, 0.3) is 11.3 Å². The molecule has 3 aromatic rings. The van der Waals surface area contributed by atoms with Crippen LogP contribution >= 0.6 is 11.3 Å². The molecule has 0 saturated heterocycles. The topological polar surface area (TPSA) is 50.9 Å². The number of nitrogens with one attached hydrogen (secondary N) is 1. The van der Waals surface area contributed by atoms with Crippen LogP contribution in [0, 0.1) is 5.82 Å². The van der Waals surface area contributed by atoms with E-state index >= 15 is 0 Å². The third kappa shape index (κ3) is 3.48. The first kappa shape index (κ1) is 16.3. The zero-order chi connectivity index (χ0) is 17.3. The monoisotopic (exact) mass is 353 g/mol. The number of halogens is 4. The van der Waals surface area contributed by atoms with E-state index < -0.39 is 17.6 Å². The summed E-state index contributed by atoms with van der Waals surface area (Å²) in [5.41, 5.74) is 6.26. The van der Waals surface area contributed by atoms with Gasteiger partial charge in [-0.05, 0) is 36.4 Å². The molecule has 0 aliphatic heterocycles. The summed E-state index contributed by atoms with van der Waals surface area (Å²) >= 11 is 1.22. The number of thiazole rings is 1. The molecule has 0 saturated carbocycles. The summed E-state index contributed by atoms with van der Waals surface area (Å²) in [6.07, 6.45) is -4.41. The molecule has 1 heterocycles. The molecular weight excluding hydrogens is 342 g/mol. The lowest BCUT2D eigenvalue weighted by Crippen LogP contribution is -2.05. The van der Waals surface area contributed by atoms with Gasteiger partial charge in [0.15, 0.2) is 5.13 Å². The standard InChI is InChI=1S/C16H11F4N3S/c17-12-5-4-9(6-13(12)21)14-8-24-15(23-14)22-11-3-1-2-10(7-11)16(18,19)20/h1-8H,21H2,(H,22,23). The van der Waals surface area contributed by atoms with E-state index in [0.717, 1.165) is 12.1 Å². The highest BCUT2D eigenvalue weighted by Crippen LogP contribution is 2.33. The minimum absolute atomic E-state index is 0.00730. The predicted octanol–water partition coefficient (Wildman–Crippen LogP) is 5.29. The van der Waals surface area contributed by atoms with Crippen molar-refractivity contribution in [3.63, 3.8) is 0 Å². The molecule has 3 N–H and O–H groups in total. The summed E-state index contributed by atoms with van der Waals surface area (Å²) in [6.45, 7) is 0. The molecule has 2 aromatic carbocycles. The van der Waals surface area contributed by atoms with Crippen molar-refractivity contribution >= 4 is 27.8 Å². The number of hydrogen-bond donors (Lipinski definition) is 2. The van der Waals surface area contributed by atoms with E-state index in [9.17, 15) is 17.6 Å². The Bertz CT molecular complexity index is 874. The first-order chi connectivity index (χ1) is 11.3. The second kappa shape index (κ2) is 6.12. The van der Waals surface area contributed by atoms with Crippen molar-refractivity contribution in [1.82, 2.24) is 4.98 Å². The molecule has 8 heteroatoms. The van der Waals surface area contributed by atoms with Crippen LogP contribution in [0.3, 0.4) is 0 Å². The SMILES string of the molecule is Nc1cc(-c2csc(Nc3cccc(C(F)(F)F)c3)n2)ccc1F. The third-order valence-electron chi connectivity index (χ3n) is 3.24. The maximum atomic E-state index is 13.2. The fraction of sp³-hybridized carbons (Fsp3) is 0.0625. The van der Waals surface area contributed by atoms with Gasteiger partial charge in [-0.1, -0.05) is 6.07 Å². The average molecular weight is 353 g/mol. The Balaban J connectivity index is 1.83. The van der Waals surface area contributed by atoms with E-state index in [0.29, 0.717) is 16.4 Å². The molecule has 0 radical (unpaired) electrons. The summed E-state index contributed by atoms with van der Waals surface area (Å²) < 4.78 is 51.4. The smallest absolute Gasteiger partial charge is 0.396 e. The number of hydrogen-bond acceptors (Lipinski definition) is 4. The van der Waals surface area contributed by atoms with Crippen LogP contribution in [0.1, 0.15) is 5.56 Å². The minimum atomic E-state index is -4.41. The molecule has 0 amide bonds. The zero-order valence-corrected chi connectivity index (χ0v) is 12.9.